The van der Waals surface area contributed by atoms with Gasteiger partial charge in [-0.25, -0.2) is 5.01 Å². The summed E-state index contributed by atoms with van der Waals surface area (Å²) in [5, 5.41) is 4.41. The van der Waals surface area contributed by atoms with Gasteiger partial charge in [0, 0.05) is 7.05 Å². The van der Waals surface area contributed by atoms with Crippen molar-refractivity contribution in [3.8, 4) is 0 Å². The smallest absolute Gasteiger partial charge is 0.282 e. The number of amides is 1. The van der Waals surface area contributed by atoms with Gasteiger partial charge in [-0.05, 0) is 0 Å². The second-order valence-corrected chi connectivity index (χ2v) is 1.44. The minimum Gasteiger partial charge on any atom is -0.282 e. The van der Waals surface area contributed by atoms with Crippen LogP contribution in [0.4, 0.5) is 0 Å². The quantitative estimate of drug-likeness (QED) is 0.378. The van der Waals surface area contributed by atoms with Crippen molar-refractivity contribution in [3.63, 3.8) is 0 Å². The molecule has 8 heavy (non-hydrogen) atoms. The van der Waals surface area contributed by atoms with E-state index >= 15 is 0 Å². The molecule has 0 atom stereocenters. The van der Waals surface area contributed by atoms with Crippen molar-refractivity contribution >= 4 is 17.9 Å². The van der Waals surface area contributed by atoms with E-state index in [4.69, 9.17) is 0 Å². The molecule has 0 unspecified atom stereocenters. The topological polar surface area (TPSA) is 49.7 Å². The van der Waals surface area contributed by atoms with E-state index in [0.717, 1.165) is 11.2 Å². The Balaban J connectivity index is 2.85. The fraction of sp³-hybridized carbons (Fsp3) is 0.250. The molecule has 1 aliphatic heterocycles. The van der Waals surface area contributed by atoms with Gasteiger partial charge in [0.1, 0.15) is 6.21 Å². The first-order valence-electron chi connectivity index (χ1n) is 2.08. The molecule has 0 saturated carbocycles. The molecule has 1 rings (SSSR count). The predicted octanol–water partition coefficient (Wildman–Crippen LogP) is -0.987. The monoisotopic (exact) mass is 112 g/mol. The van der Waals surface area contributed by atoms with Crippen LogP contribution < -0.4 is 0 Å². The molecule has 1 heterocycles. The lowest BCUT2D eigenvalue weighted by Crippen LogP contribution is -2.21. The van der Waals surface area contributed by atoms with Gasteiger partial charge in [0.25, 0.3) is 5.78 Å². The normalized spacial score (nSPS) is 18.4. The third-order valence-electron chi connectivity index (χ3n) is 0.853. The van der Waals surface area contributed by atoms with Gasteiger partial charge >= 0.3 is 5.91 Å². The van der Waals surface area contributed by atoms with E-state index in [0.29, 0.717) is 0 Å². The number of ketones is 1. The van der Waals surface area contributed by atoms with Crippen molar-refractivity contribution in [1.82, 2.24) is 5.01 Å². The summed E-state index contributed by atoms with van der Waals surface area (Å²) in [6.07, 6.45) is 1.00. The van der Waals surface area contributed by atoms with Gasteiger partial charge in [-0.2, -0.15) is 5.10 Å². The van der Waals surface area contributed by atoms with E-state index in [2.05, 4.69) is 5.10 Å². The summed E-state index contributed by atoms with van der Waals surface area (Å²) in [5.41, 5.74) is 0. The molecule has 0 aliphatic carbocycles. The molecule has 0 spiro atoms. The third-order valence-corrected chi connectivity index (χ3v) is 0.853. The second-order valence-electron chi connectivity index (χ2n) is 1.44. The molecule has 4 nitrogen and oxygen atoms in total. The van der Waals surface area contributed by atoms with Crippen LogP contribution in [0.1, 0.15) is 0 Å². The molecule has 1 amide bonds. The highest BCUT2D eigenvalue weighted by Crippen LogP contribution is 1.92. The van der Waals surface area contributed by atoms with Crippen LogP contribution in [0.2, 0.25) is 0 Å². The van der Waals surface area contributed by atoms with Gasteiger partial charge in [-0.15, -0.1) is 0 Å². The lowest BCUT2D eigenvalue weighted by molar-refractivity contribution is -0.138. The Bertz CT molecular complexity index is 173. The minimum atomic E-state index is -0.565. The van der Waals surface area contributed by atoms with Crippen LogP contribution in [0.25, 0.3) is 0 Å². The van der Waals surface area contributed by atoms with Crippen LogP contribution in [0, 0.1) is 0 Å². The van der Waals surface area contributed by atoms with E-state index < -0.39 is 11.7 Å². The number of Topliss-reactive ketones (excluding diaryl/α,β-unsaturated/α-hetero) is 1. The number of carbonyl (C=O) groups excluding carboxylic acids is 2. The first-order valence-corrected chi connectivity index (χ1v) is 2.08. The SMILES string of the molecule is CN1N=CC(=O)C1=O. The standard InChI is InChI=1S/C4H4N2O2/c1-6-4(8)3(7)2-5-6/h2H,1H3. The Hall–Kier alpha value is -1.19. The summed E-state index contributed by atoms with van der Waals surface area (Å²) in [6.45, 7) is 0. The molecule has 1 aliphatic rings. The predicted molar refractivity (Wildman–Crippen MR) is 26.3 cm³/mol. The molecule has 42 valence electrons. The van der Waals surface area contributed by atoms with E-state index in [9.17, 15) is 9.59 Å². The fourth-order valence-electron chi connectivity index (χ4n) is 0.406. The van der Waals surface area contributed by atoms with Crippen LogP contribution in [-0.2, 0) is 9.59 Å². The molecule has 4 heteroatoms. The van der Waals surface area contributed by atoms with Crippen molar-refractivity contribution in [3.05, 3.63) is 0 Å². The van der Waals surface area contributed by atoms with Gasteiger partial charge in [-0.1, -0.05) is 0 Å². The summed E-state index contributed by atoms with van der Waals surface area (Å²) >= 11 is 0. The zero-order valence-electron chi connectivity index (χ0n) is 4.29. The van der Waals surface area contributed by atoms with Crippen molar-refractivity contribution in [2.24, 2.45) is 5.10 Å². The van der Waals surface area contributed by atoms with Gasteiger partial charge in [0.15, 0.2) is 0 Å². The first-order chi connectivity index (χ1) is 3.72. The van der Waals surface area contributed by atoms with Crippen LogP contribution in [0.5, 0.6) is 0 Å². The average molecular weight is 112 g/mol. The number of nitrogens with zero attached hydrogens (tertiary/aromatic N) is 2. The Morgan fingerprint density at radius 2 is 2.25 bits per heavy atom. The van der Waals surface area contributed by atoms with E-state index in [1.165, 1.54) is 7.05 Å². The van der Waals surface area contributed by atoms with Crippen molar-refractivity contribution < 1.29 is 9.59 Å². The van der Waals surface area contributed by atoms with Crippen LogP contribution in [0.3, 0.4) is 0 Å². The largest absolute Gasteiger partial charge is 0.315 e. The van der Waals surface area contributed by atoms with Crippen molar-refractivity contribution in [1.29, 1.82) is 0 Å². The maximum atomic E-state index is 10.4. The highest BCUT2D eigenvalue weighted by atomic mass is 16.2. The summed E-state index contributed by atoms with van der Waals surface area (Å²) in [5.74, 6) is -1.11. The molecule has 0 N–H and O–H groups in total. The Morgan fingerprint density at radius 1 is 1.62 bits per heavy atom. The number of likely N-dealkylation sites (N-methyl/N-ethyl adjacent to an activating group) is 1. The lowest BCUT2D eigenvalue weighted by atomic mass is 10.4. The molecule has 0 fully saturated rings. The second kappa shape index (κ2) is 1.40. The van der Waals surface area contributed by atoms with Crippen LogP contribution >= 0.6 is 0 Å². The first kappa shape index (κ1) is 4.96. The summed E-state index contributed by atoms with van der Waals surface area (Å²) in [7, 11) is 1.43. The molecular weight excluding hydrogens is 108 g/mol. The third kappa shape index (κ3) is 0.501. The van der Waals surface area contributed by atoms with Crippen LogP contribution in [-0.4, -0.2) is 30.0 Å². The highest BCUT2D eigenvalue weighted by Gasteiger charge is 2.21. The zero-order valence-corrected chi connectivity index (χ0v) is 4.29. The molecule has 0 aromatic carbocycles. The number of hydrogen-bond donors (Lipinski definition) is 0. The molecule has 0 bridgehead atoms. The zero-order chi connectivity index (χ0) is 6.15. The number of carbonyl (C=O) groups is 2. The summed E-state index contributed by atoms with van der Waals surface area (Å²) in [4.78, 5) is 20.6. The molecule has 0 saturated heterocycles. The maximum absolute atomic E-state index is 10.4. The molecule has 0 aromatic rings. The van der Waals surface area contributed by atoms with Gasteiger partial charge in [-0.3, -0.25) is 9.59 Å². The molecule has 0 aromatic heterocycles. The summed E-state index contributed by atoms with van der Waals surface area (Å²) in [6, 6.07) is 0. The number of hydrogen-bond acceptors (Lipinski definition) is 3. The van der Waals surface area contributed by atoms with E-state index in [1.54, 1.807) is 0 Å². The Labute approximate surface area is 45.8 Å². The maximum Gasteiger partial charge on any atom is 0.315 e. The average Bonchev–Trinajstić information content (AvgIpc) is 1.98. The lowest BCUT2D eigenvalue weighted by Gasteiger charge is -1.97. The molecular formula is C4H4N2O2. The van der Waals surface area contributed by atoms with E-state index in [1.807, 2.05) is 0 Å². The van der Waals surface area contributed by atoms with Crippen molar-refractivity contribution in [2.45, 2.75) is 0 Å². The van der Waals surface area contributed by atoms with E-state index in [-0.39, 0.29) is 0 Å². The van der Waals surface area contributed by atoms with Gasteiger partial charge in [0.2, 0.25) is 0 Å². The summed E-state index contributed by atoms with van der Waals surface area (Å²) < 4.78 is 0. The molecule has 0 radical (unpaired) electrons. The van der Waals surface area contributed by atoms with Crippen LogP contribution in [0.15, 0.2) is 5.10 Å². The number of rotatable bonds is 0. The highest BCUT2D eigenvalue weighted by molar-refractivity contribution is 6.60. The van der Waals surface area contributed by atoms with Gasteiger partial charge < -0.3 is 0 Å². The number of hydrazone groups is 1. The Morgan fingerprint density at radius 3 is 2.38 bits per heavy atom. The Kier molecular flexibility index (Phi) is 0.865. The van der Waals surface area contributed by atoms with Crippen molar-refractivity contribution in [2.75, 3.05) is 7.05 Å². The minimum absolute atomic E-state index is 0.549. The van der Waals surface area contributed by atoms with Gasteiger partial charge in [0.05, 0.1) is 0 Å². The fourth-order valence-corrected chi connectivity index (χ4v) is 0.406.